The van der Waals surface area contributed by atoms with Crippen LogP contribution in [0, 0.1) is 6.92 Å². The van der Waals surface area contributed by atoms with E-state index in [0.717, 1.165) is 5.56 Å². The average molecular weight is 374 g/mol. The summed E-state index contributed by atoms with van der Waals surface area (Å²) in [6.45, 7) is 2.04. The van der Waals surface area contributed by atoms with E-state index in [1.54, 1.807) is 31.4 Å². The zero-order valence-electron chi connectivity index (χ0n) is 12.0. The third-order valence-corrected chi connectivity index (χ3v) is 5.49. The van der Waals surface area contributed by atoms with Gasteiger partial charge in [0.25, 0.3) is 0 Å². The standard InChI is InChI=1S/C14H16BrNO4S/c1-10-11(6-7-20-10)9-16(2)21(17,18)14-8-12(15)4-5-13(14)19-3/h4-8H,9H2,1-3H3. The predicted octanol–water partition coefficient (Wildman–Crippen LogP) is 3.18. The van der Waals surface area contributed by atoms with Crippen LogP contribution in [0.3, 0.4) is 0 Å². The molecule has 0 aliphatic rings. The molecule has 0 spiro atoms. The molecular formula is C14H16BrNO4S. The lowest BCUT2D eigenvalue weighted by Crippen LogP contribution is -2.27. The number of methoxy groups -OCH3 is 1. The molecule has 7 heteroatoms. The first-order chi connectivity index (χ1) is 9.86. The number of halogens is 1. The predicted molar refractivity (Wildman–Crippen MR) is 82.8 cm³/mol. The van der Waals surface area contributed by atoms with Crippen LogP contribution in [-0.4, -0.2) is 26.9 Å². The Balaban J connectivity index is 2.37. The van der Waals surface area contributed by atoms with Crippen molar-refractivity contribution < 1.29 is 17.6 Å². The molecule has 2 aromatic rings. The summed E-state index contributed by atoms with van der Waals surface area (Å²) in [5.74, 6) is 1.02. The number of furan rings is 1. The summed E-state index contributed by atoms with van der Waals surface area (Å²) in [6.07, 6.45) is 1.55. The summed E-state index contributed by atoms with van der Waals surface area (Å²) in [6, 6.07) is 6.65. The van der Waals surface area contributed by atoms with Crippen LogP contribution in [0.1, 0.15) is 11.3 Å². The van der Waals surface area contributed by atoms with E-state index in [1.807, 2.05) is 0 Å². The average Bonchev–Trinajstić information content (AvgIpc) is 2.84. The van der Waals surface area contributed by atoms with Crippen LogP contribution in [-0.2, 0) is 16.6 Å². The highest BCUT2D eigenvalue weighted by Gasteiger charge is 2.26. The molecule has 0 fully saturated rings. The van der Waals surface area contributed by atoms with Crippen LogP contribution in [0.5, 0.6) is 5.75 Å². The molecule has 0 amide bonds. The first-order valence-electron chi connectivity index (χ1n) is 6.19. The zero-order valence-corrected chi connectivity index (χ0v) is 14.4. The molecule has 0 unspecified atom stereocenters. The molecule has 0 saturated carbocycles. The van der Waals surface area contributed by atoms with Crippen molar-refractivity contribution in [3.63, 3.8) is 0 Å². The summed E-state index contributed by atoms with van der Waals surface area (Å²) < 4.78 is 37.7. The molecule has 2 rings (SSSR count). The van der Waals surface area contributed by atoms with Crippen molar-refractivity contribution in [2.24, 2.45) is 0 Å². The normalized spacial score (nSPS) is 11.9. The van der Waals surface area contributed by atoms with Crippen LogP contribution in [0.25, 0.3) is 0 Å². The first kappa shape index (κ1) is 16.1. The van der Waals surface area contributed by atoms with Gasteiger partial charge in [-0.25, -0.2) is 8.42 Å². The lowest BCUT2D eigenvalue weighted by Gasteiger charge is -2.18. The van der Waals surface area contributed by atoms with Gasteiger partial charge in [-0.15, -0.1) is 0 Å². The maximum atomic E-state index is 12.7. The largest absolute Gasteiger partial charge is 0.495 e. The van der Waals surface area contributed by atoms with Crippen molar-refractivity contribution in [1.82, 2.24) is 4.31 Å². The minimum Gasteiger partial charge on any atom is -0.495 e. The molecule has 1 aromatic carbocycles. The van der Waals surface area contributed by atoms with Crippen molar-refractivity contribution >= 4 is 26.0 Å². The molecule has 0 aliphatic heterocycles. The smallest absolute Gasteiger partial charge is 0.246 e. The van der Waals surface area contributed by atoms with Gasteiger partial charge in [-0.3, -0.25) is 0 Å². The maximum absolute atomic E-state index is 12.7. The second-order valence-corrected chi connectivity index (χ2v) is 7.49. The molecule has 0 radical (unpaired) electrons. The van der Waals surface area contributed by atoms with E-state index in [1.165, 1.54) is 24.5 Å². The van der Waals surface area contributed by atoms with E-state index in [2.05, 4.69) is 15.9 Å². The highest BCUT2D eigenvalue weighted by Crippen LogP contribution is 2.30. The summed E-state index contributed by atoms with van der Waals surface area (Å²) in [5, 5.41) is 0. The van der Waals surface area contributed by atoms with Crippen LogP contribution < -0.4 is 4.74 Å². The Labute approximate surface area is 132 Å². The number of nitrogens with zero attached hydrogens (tertiary/aromatic N) is 1. The topological polar surface area (TPSA) is 59.8 Å². The van der Waals surface area contributed by atoms with Crippen LogP contribution in [0.2, 0.25) is 0 Å². The summed E-state index contributed by atoms with van der Waals surface area (Å²) >= 11 is 3.29. The number of ether oxygens (including phenoxy) is 1. The van der Waals surface area contributed by atoms with Gasteiger partial charge in [-0.1, -0.05) is 15.9 Å². The number of hydrogen-bond acceptors (Lipinski definition) is 4. The highest BCUT2D eigenvalue weighted by molar-refractivity contribution is 9.10. The van der Waals surface area contributed by atoms with Gasteiger partial charge in [-0.05, 0) is 31.2 Å². The second kappa shape index (κ2) is 6.21. The summed E-state index contributed by atoms with van der Waals surface area (Å²) in [7, 11) is -0.684. The van der Waals surface area contributed by atoms with Gasteiger partial charge in [0, 0.05) is 23.6 Å². The minimum atomic E-state index is -3.66. The fourth-order valence-electron chi connectivity index (χ4n) is 1.92. The van der Waals surface area contributed by atoms with Crippen LogP contribution in [0.15, 0.2) is 44.3 Å². The van der Waals surface area contributed by atoms with Crippen LogP contribution >= 0.6 is 15.9 Å². The quantitative estimate of drug-likeness (QED) is 0.807. The molecule has 5 nitrogen and oxygen atoms in total. The second-order valence-electron chi connectivity index (χ2n) is 4.56. The molecule has 0 saturated heterocycles. The van der Waals surface area contributed by atoms with Gasteiger partial charge in [0.2, 0.25) is 10.0 Å². The van der Waals surface area contributed by atoms with Gasteiger partial charge < -0.3 is 9.15 Å². The SMILES string of the molecule is COc1ccc(Br)cc1S(=O)(=O)N(C)Cc1ccoc1C. The molecule has 0 N–H and O–H groups in total. The number of benzene rings is 1. The molecular weight excluding hydrogens is 358 g/mol. The first-order valence-corrected chi connectivity index (χ1v) is 8.42. The van der Waals surface area contributed by atoms with E-state index in [0.29, 0.717) is 16.0 Å². The van der Waals surface area contributed by atoms with Crippen molar-refractivity contribution in [3.8, 4) is 5.75 Å². The van der Waals surface area contributed by atoms with Gasteiger partial charge in [0.05, 0.1) is 13.4 Å². The summed E-state index contributed by atoms with van der Waals surface area (Å²) in [4.78, 5) is 0.128. The molecule has 0 aliphatic carbocycles. The molecule has 114 valence electrons. The molecule has 1 aromatic heterocycles. The van der Waals surface area contributed by atoms with E-state index in [-0.39, 0.29) is 11.4 Å². The Morgan fingerprint density at radius 2 is 2.05 bits per heavy atom. The number of rotatable bonds is 5. The van der Waals surface area contributed by atoms with Crippen molar-refractivity contribution in [3.05, 3.63) is 46.3 Å². The lowest BCUT2D eigenvalue weighted by molar-refractivity contribution is 0.397. The van der Waals surface area contributed by atoms with E-state index in [9.17, 15) is 8.42 Å². The third-order valence-electron chi connectivity index (χ3n) is 3.17. The number of aryl methyl sites for hydroxylation is 1. The van der Waals surface area contributed by atoms with Gasteiger partial charge >= 0.3 is 0 Å². The monoisotopic (exact) mass is 373 g/mol. The van der Waals surface area contributed by atoms with Gasteiger partial charge in [-0.2, -0.15) is 4.31 Å². The van der Waals surface area contributed by atoms with Crippen molar-refractivity contribution in [2.75, 3.05) is 14.2 Å². The maximum Gasteiger partial charge on any atom is 0.246 e. The van der Waals surface area contributed by atoms with Gasteiger partial charge in [0.1, 0.15) is 16.4 Å². The molecule has 0 atom stereocenters. The Morgan fingerprint density at radius 3 is 2.62 bits per heavy atom. The van der Waals surface area contributed by atoms with E-state index < -0.39 is 10.0 Å². The number of hydrogen-bond donors (Lipinski definition) is 0. The Kier molecular flexibility index (Phi) is 4.75. The fraction of sp³-hybridized carbons (Fsp3) is 0.286. The Bertz CT molecular complexity index is 739. The summed E-state index contributed by atoms with van der Waals surface area (Å²) in [5.41, 5.74) is 0.829. The van der Waals surface area contributed by atoms with Gasteiger partial charge in [0.15, 0.2) is 0 Å². The zero-order chi connectivity index (χ0) is 15.6. The van der Waals surface area contributed by atoms with E-state index in [4.69, 9.17) is 9.15 Å². The highest BCUT2D eigenvalue weighted by atomic mass is 79.9. The fourth-order valence-corrected chi connectivity index (χ4v) is 3.76. The van der Waals surface area contributed by atoms with Crippen molar-refractivity contribution in [2.45, 2.75) is 18.4 Å². The van der Waals surface area contributed by atoms with Crippen molar-refractivity contribution in [1.29, 1.82) is 0 Å². The number of sulfonamides is 1. The van der Waals surface area contributed by atoms with Crippen LogP contribution in [0.4, 0.5) is 0 Å². The minimum absolute atomic E-state index is 0.128. The lowest BCUT2D eigenvalue weighted by atomic mass is 10.3. The molecule has 1 heterocycles. The Morgan fingerprint density at radius 1 is 1.33 bits per heavy atom. The Hall–Kier alpha value is -1.31. The van der Waals surface area contributed by atoms with E-state index >= 15 is 0 Å². The molecule has 0 bridgehead atoms. The molecule has 21 heavy (non-hydrogen) atoms. The third kappa shape index (κ3) is 3.30.